The third kappa shape index (κ3) is 4.35. The Morgan fingerprint density at radius 1 is 1.00 bits per heavy atom. The number of benzene rings is 2. The lowest BCUT2D eigenvalue weighted by atomic mass is 10.1. The van der Waals surface area contributed by atoms with Gasteiger partial charge in [0, 0.05) is 0 Å². The highest BCUT2D eigenvalue weighted by Crippen LogP contribution is 2.19. The van der Waals surface area contributed by atoms with E-state index < -0.39 is 5.97 Å². The highest BCUT2D eigenvalue weighted by molar-refractivity contribution is 5.92. The van der Waals surface area contributed by atoms with Gasteiger partial charge in [0.05, 0.1) is 0 Å². The number of phenolic OH excluding ortho intramolecular Hbond substituents is 1. The lowest BCUT2D eigenvalue weighted by molar-refractivity contribution is 0.0693. The predicted octanol–water partition coefficient (Wildman–Crippen LogP) is 3.10. The number of hydrogen-bond donors (Lipinski definition) is 3. The van der Waals surface area contributed by atoms with Gasteiger partial charge in [0.1, 0.15) is 17.1 Å². The first kappa shape index (κ1) is 14.6. The molecule has 4 heteroatoms. The Kier molecular flexibility index (Phi) is 4.94. The van der Waals surface area contributed by atoms with Gasteiger partial charge in [-0.1, -0.05) is 24.3 Å². The molecule has 0 radical (unpaired) electrons. The highest BCUT2D eigenvalue weighted by atomic mass is 16.4. The third-order valence-electron chi connectivity index (χ3n) is 2.47. The Labute approximate surface area is 111 Å². The predicted molar refractivity (Wildman–Crippen MR) is 72.6 cm³/mol. The summed E-state index contributed by atoms with van der Waals surface area (Å²) in [5.74, 6) is -0.942. The SMILES string of the molecule is Cc1cccc(O)c1.Cc1cccc(O)c1C(=O)O. The minimum Gasteiger partial charge on any atom is -0.508 e. The quantitative estimate of drug-likeness (QED) is 0.736. The third-order valence-corrected chi connectivity index (χ3v) is 2.47. The van der Waals surface area contributed by atoms with Crippen LogP contribution < -0.4 is 0 Å². The summed E-state index contributed by atoms with van der Waals surface area (Å²) in [6, 6.07) is 11.8. The second kappa shape index (κ2) is 6.44. The fraction of sp³-hybridized carbons (Fsp3) is 0.133. The molecule has 0 fully saturated rings. The van der Waals surface area contributed by atoms with Crippen molar-refractivity contribution in [3.63, 3.8) is 0 Å². The van der Waals surface area contributed by atoms with E-state index in [1.54, 1.807) is 31.2 Å². The van der Waals surface area contributed by atoms with E-state index in [4.69, 9.17) is 15.3 Å². The first-order chi connectivity index (χ1) is 8.91. The van der Waals surface area contributed by atoms with Gasteiger partial charge in [-0.25, -0.2) is 4.79 Å². The van der Waals surface area contributed by atoms with Crippen LogP contribution in [0, 0.1) is 13.8 Å². The summed E-state index contributed by atoms with van der Waals surface area (Å²) in [6.45, 7) is 3.59. The fourth-order valence-corrected chi connectivity index (χ4v) is 1.56. The molecule has 2 aromatic rings. The molecular formula is C15H16O4. The van der Waals surface area contributed by atoms with Gasteiger partial charge in [0.2, 0.25) is 0 Å². The average molecular weight is 260 g/mol. The molecule has 0 spiro atoms. The summed E-state index contributed by atoms with van der Waals surface area (Å²) >= 11 is 0. The molecule has 0 aromatic heterocycles. The van der Waals surface area contributed by atoms with E-state index in [2.05, 4.69) is 0 Å². The van der Waals surface area contributed by atoms with Crippen molar-refractivity contribution in [1.82, 2.24) is 0 Å². The molecule has 0 heterocycles. The van der Waals surface area contributed by atoms with Crippen molar-refractivity contribution in [2.24, 2.45) is 0 Å². The number of carbonyl (C=O) groups is 1. The van der Waals surface area contributed by atoms with E-state index in [-0.39, 0.29) is 11.3 Å². The molecule has 0 aliphatic carbocycles. The Balaban J connectivity index is 0.000000200. The van der Waals surface area contributed by atoms with Crippen molar-refractivity contribution in [3.8, 4) is 11.5 Å². The van der Waals surface area contributed by atoms with Gasteiger partial charge in [-0.2, -0.15) is 0 Å². The largest absolute Gasteiger partial charge is 0.508 e. The monoisotopic (exact) mass is 260 g/mol. The van der Waals surface area contributed by atoms with Gasteiger partial charge in [-0.15, -0.1) is 0 Å². The zero-order valence-electron chi connectivity index (χ0n) is 10.8. The lowest BCUT2D eigenvalue weighted by Gasteiger charge is -2.01. The van der Waals surface area contributed by atoms with Gasteiger partial charge >= 0.3 is 5.97 Å². The molecule has 0 saturated heterocycles. The Hall–Kier alpha value is -2.49. The maximum atomic E-state index is 10.5. The van der Waals surface area contributed by atoms with E-state index in [0.717, 1.165) is 5.56 Å². The topological polar surface area (TPSA) is 77.8 Å². The van der Waals surface area contributed by atoms with E-state index >= 15 is 0 Å². The van der Waals surface area contributed by atoms with Gasteiger partial charge in [0.15, 0.2) is 0 Å². The summed E-state index contributed by atoms with van der Waals surface area (Å²) in [7, 11) is 0. The molecule has 0 saturated carbocycles. The Morgan fingerprint density at radius 3 is 2.00 bits per heavy atom. The van der Waals surface area contributed by atoms with E-state index in [0.29, 0.717) is 11.3 Å². The molecular weight excluding hydrogens is 244 g/mol. The van der Waals surface area contributed by atoms with Gasteiger partial charge in [-0.3, -0.25) is 0 Å². The molecule has 4 nitrogen and oxygen atoms in total. The van der Waals surface area contributed by atoms with E-state index in [1.165, 1.54) is 6.07 Å². The van der Waals surface area contributed by atoms with Crippen LogP contribution in [-0.4, -0.2) is 21.3 Å². The molecule has 2 rings (SSSR count). The number of carboxylic acid groups (broad SMARTS) is 1. The van der Waals surface area contributed by atoms with Crippen LogP contribution in [0.1, 0.15) is 21.5 Å². The standard InChI is InChI=1S/C8H8O3.C7H8O/c1-5-3-2-4-6(9)7(5)8(10)11;1-6-3-2-4-7(8)5-6/h2-4,9H,1H3,(H,10,11);2-5,8H,1H3. The van der Waals surface area contributed by atoms with Crippen LogP contribution in [0.5, 0.6) is 11.5 Å². The average Bonchev–Trinajstić information content (AvgIpc) is 2.28. The maximum absolute atomic E-state index is 10.5. The molecule has 0 amide bonds. The second-order valence-electron chi connectivity index (χ2n) is 4.11. The maximum Gasteiger partial charge on any atom is 0.339 e. The van der Waals surface area contributed by atoms with Crippen molar-refractivity contribution in [2.45, 2.75) is 13.8 Å². The minimum absolute atomic E-state index is 0.0208. The molecule has 100 valence electrons. The number of aromatic carboxylic acids is 1. The lowest BCUT2D eigenvalue weighted by Crippen LogP contribution is -1.99. The molecule has 0 aliphatic rings. The second-order valence-corrected chi connectivity index (χ2v) is 4.11. The van der Waals surface area contributed by atoms with Crippen LogP contribution in [0.25, 0.3) is 0 Å². The van der Waals surface area contributed by atoms with Gasteiger partial charge in [-0.05, 0) is 43.2 Å². The van der Waals surface area contributed by atoms with Crippen LogP contribution in [0.15, 0.2) is 42.5 Å². The van der Waals surface area contributed by atoms with Crippen LogP contribution in [-0.2, 0) is 0 Å². The number of hydrogen-bond acceptors (Lipinski definition) is 3. The van der Waals surface area contributed by atoms with Crippen LogP contribution in [0.4, 0.5) is 0 Å². The molecule has 0 aliphatic heterocycles. The smallest absolute Gasteiger partial charge is 0.339 e. The van der Waals surface area contributed by atoms with E-state index in [1.807, 2.05) is 19.1 Å². The van der Waals surface area contributed by atoms with Crippen molar-refractivity contribution in [3.05, 3.63) is 59.2 Å². The number of carboxylic acids is 1. The minimum atomic E-state index is -1.10. The summed E-state index contributed by atoms with van der Waals surface area (Å²) in [5.41, 5.74) is 1.63. The van der Waals surface area contributed by atoms with Crippen molar-refractivity contribution >= 4 is 5.97 Å². The fourth-order valence-electron chi connectivity index (χ4n) is 1.56. The van der Waals surface area contributed by atoms with Crippen molar-refractivity contribution in [1.29, 1.82) is 0 Å². The Morgan fingerprint density at radius 2 is 1.63 bits per heavy atom. The number of aryl methyl sites for hydroxylation is 2. The van der Waals surface area contributed by atoms with Crippen LogP contribution in [0.3, 0.4) is 0 Å². The summed E-state index contributed by atoms with van der Waals surface area (Å²) < 4.78 is 0. The summed E-state index contributed by atoms with van der Waals surface area (Å²) in [6.07, 6.45) is 0. The van der Waals surface area contributed by atoms with Gasteiger partial charge < -0.3 is 15.3 Å². The molecule has 3 N–H and O–H groups in total. The number of aromatic hydroxyl groups is 2. The van der Waals surface area contributed by atoms with Crippen LogP contribution >= 0.6 is 0 Å². The van der Waals surface area contributed by atoms with Crippen molar-refractivity contribution < 1.29 is 20.1 Å². The Bertz CT molecular complexity index is 539. The zero-order chi connectivity index (χ0) is 14.4. The molecule has 0 atom stereocenters. The van der Waals surface area contributed by atoms with Crippen molar-refractivity contribution in [2.75, 3.05) is 0 Å². The number of phenols is 2. The zero-order valence-corrected chi connectivity index (χ0v) is 10.8. The number of rotatable bonds is 1. The molecule has 0 unspecified atom stereocenters. The van der Waals surface area contributed by atoms with Gasteiger partial charge in [0.25, 0.3) is 0 Å². The first-order valence-corrected chi connectivity index (χ1v) is 5.69. The van der Waals surface area contributed by atoms with Crippen LogP contribution in [0.2, 0.25) is 0 Å². The summed E-state index contributed by atoms with van der Waals surface area (Å²) in [5, 5.41) is 26.5. The van der Waals surface area contributed by atoms with E-state index in [9.17, 15) is 4.79 Å². The first-order valence-electron chi connectivity index (χ1n) is 5.69. The highest BCUT2D eigenvalue weighted by Gasteiger charge is 2.10. The normalized spacial score (nSPS) is 9.37. The molecule has 2 aromatic carbocycles. The summed E-state index contributed by atoms with van der Waals surface area (Å²) in [4.78, 5) is 10.5. The molecule has 0 bridgehead atoms. The molecule has 19 heavy (non-hydrogen) atoms.